The van der Waals surface area contributed by atoms with Crippen LogP contribution in [-0.4, -0.2) is 25.2 Å². The third-order valence-electron chi connectivity index (χ3n) is 3.17. The number of nitrogens with one attached hydrogen (secondary N) is 1. The summed E-state index contributed by atoms with van der Waals surface area (Å²) in [6, 6.07) is 6.87. The lowest BCUT2D eigenvalue weighted by molar-refractivity contribution is -0.117. The molecule has 2 rings (SSSR count). The van der Waals surface area contributed by atoms with E-state index in [-0.39, 0.29) is 11.7 Å². The van der Waals surface area contributed by atoms with Crippen LogP contribution >= 0.6 is 23.2 Å². The van der Waals surface area contributed by atoms with Crippen molar-refractivity contribution in [1.82, 2.24) is 5.32 Å². The summed E-state index contributed by atoms with van der Waals surface area (Å²) in [7, 11) is 0. The average molecular weight is 325 g/mol. The number of nitriles is 1. The number of hydrogen-bond donors (Lipinski definition) is 1. The van der Waals surface area contributed by atoms with Crippen LogP contribution in [0.5, 0.6) is 0 Å². The van der Waals surface area contributed by atoms with E-state index in [4.69, 9.17) is 33.2 Å². The first kappa shape index (κ1) is 15.8. The van der Waals surface area contributed by atoms with E-state index in [1.54, 1.807) is 18.2 Å². The van der Waals surface area contributed by atoms with E-state index in [1.807, 2.05) is 6.07 Å². The van der Waals surface area contributed by atoms with E-state index in [1.165, 1.54) is 6.08 Å². The number of nitrogens with zero attached hydrogens (tertiary/aromatic N) is 1. The summed E-state index contributed by atoms with van der Waals surface area (Å²) < 4.78 is 5.41. The van der Waals surface area contributed by atoms with Gasteiger partial charge < -0.3 is 10.1 Å². The Hall–Kier alpha value is -1.54. The second-order valence-corrected chi connectivity index (χ2v) is 5.46. The van der Waals surface area contributed by atoms with Crippen molar-refractivity contribution in [2.45, 2.75) is 18.9 Å². The Morgan fingerprint density at radius 1 is 1.48 bits per heavy atom. The first-order valence-corrected chi connectivity index (χ1v) is 7.33. The van der Waals surface area contributed by atoms with Crippen molar-refractivity contribution in [2.24, 2.45) is 0 Å². The van der Waals surface area contributed by atoms with E-state index in [2.05, 4.69) is 5.32 Å². The van der Waals surface area contributed by atoms with Crippen LogP contribution in [0.15, 0.2) is 23.8 Å². The standard InChI is InChI=1S/C15H14Cl2N2O2/c16-13-4-1-5-14(17)12(13)7-10(8-18)15(20)19-9-11-3-2-6-21-11/h1,4-5,7,11H,2-3,6,9H2,(H,19,20)/b10-7-/t11-/m1/s1. The van der Waals surface area contributed by atoms with Crippen molar-refractivity contribution in [3.05, 3.63) is 39.4 Å². The highest BCUT2D eigenvalue weighted by molar-refractivity contribution is 6.37. The highest BCUT2D eigenvalue weighted by Gasteiger charge is 2.18. The highest BCUT2D eigenvalue weighted by atomic mass is 35.5. The molecule has 110 valence electrons. The first-order valence-electron chi connectivity index (χ1n) is 6.57. The summed E-state index contributed by atoms with van der Waals surface area (Å²) in [5.74, 6) is -0.455. The SMILES string of the molecule is N#C/C(=C/c1c(Cl)cccc1Cl)C(=O)NC[C@H]1CCCO1. The molecule has 21 heavy (non-hydrogen) atoms. The molecular weight excluding hydrogens is 311 g/mol. The average Bonchev–Trinajstić information content (AvgIpc) is 2.98. The van der Waals surface area contributed by atoms with E-state index in [0.717, 1.165) is 19.4 Å². The number of ether oxygens (including phenoxy) is 1. The number of carbonyl (C=O) groups excluding carboxylic acids is 1. The summed E-state index contributed by atoms with van der Waals surface area (Å²) in [5.41, 5.74) is 0.424. The van der Waals surface area contributed by atoms with Crippen LogP contribution in [0.2, 0.25) is 10.0 Å². The Labute approximate surface area is 133 Å². The van der Waals surface area contributed by atoms with Gasteiger partial charge in [-0.05, 0) is 31.1 Å². The van der Waals surface area contributed by atoms with Gasteiger partial charge in [0.05, 0.1) is 6.10 Å². The van der Waals surface area contributed by atoms with Crippen molar-refractivity contribution in [3.8, 4) is 6.07 Å². The Bertz CT molecular complexity index is 582. The zero-order valence-corrected chi connectivity index (χ0v) is 12.7. The van der Waals surface area contributed by atoms with Crippen LogP contribution in [-0.2, 0) is 9.53 Å². The van der Waals surface area contributed by atoms with Crippen LogP contribution in [0.4, 0.5) is 0 Å². The number of benzene rings is 1. The van der Waals surface area contributed by atoms with E-state index < -0.39 is 5.91 Å². The van der Waals surface area contributed by atoms with Gasteiger partial charge in [0.15, 0.2) is 0 Å². The van der Waals surface area contributed by atoms with Crippen molar-refractivity contribution >= 4 is 35.2 Å². The predicted molar refractivity (Wildman–Crippen MR) is 82.0 cm³/mol. The summed E-state index contributed by atoms with van der Waals surface area (Å²) in [6.07, 6.45) is 3.34. The third-order valence-corrected chi connectivity index (χ3v) is 3.83. The van der Waals surface area contributed by atoms with Gasteiger partial charge in [0.1, 0.15) is 11.6 Å². The fourth-order valence-corrected chi connectivity index (χ4v) is 2.56. The minimum absolute atomic E-state index is 0.0257. The maximum atomic E-state index is 12.0. The van der Waals surface area contributed by atoms with Crippen LogP contribution in [0, 0.1) is 11.3 Å². The Morgan fingerprint density at radius 2 is 2.19 bits per heavy atom. The van der Waals surface area contributed by atoms with Gasteiger partial charge in [-0.15, -0.1) is 0 Å². The van der Waals surface area contributed by atoms with Gasteiger partial charge in [-0.3, -0.25) is 4.79 Å². The number of amides is 1. The van der Waals surface area contributed by atoms with Crippen LogP contribution in [0.1, 0.15) is 18.4 Å². The monoisotopic (exact) mass is 324 g/mol. The molecule has 1 aliphatic rings. The Morgan fingerprint density at radius 3 is 2.76 bits per heavy atom. The Balaban J connectivity index is 2.09. The van der Waals surface area contributed by atoms with Crippen molar-refractivity contribution in [2.75, 3.05) is 13.2 Å². The summed E-state index contributed by atoms with van der Waals surface area (Å²) in [6.45, 7) is 1.12. The topological polar surface area (TPSA) is 62.1 Å². The summed E-state index contributed by atoms with van der Waals surface area (Å²) in [5, 5.41) is 12.6. The van der Waals surface area contributed by atoms with Crippen LogP contribution < -0.4 is 5.32 Å². The van der Waals surface area contributed by atoms with E-state index in [9.17, 15) is 4.79 Å². The molecule has 0 radical (unpaired) electrons. The maximum Gasteiger partial charge on any atom is 0.262 e. The number of hydrogen-bond acceptors (Lipinski definition) is 3. The molecule has 0 saturated carbocycles. The van der Waals surface area contributed by atoms with Gasteiger partial charge in [-0.1, -0.05) is 29.3 Å². The van der Waals surface area contributed by atoms with Crippen molar-refractivity contribution < 1.29 is 9.53 Å². The minimum atomic E-state index is -0.455. The molecular formula is C15H14Cl2N2O2. The summed E-state index contributed by atoms with van der Waals surface area (Å²) in [4.78, 5) is 12.0. The lowest BCUT2D eigenvalue weighted by Gasteiger charge is -2.10. The number of rotatable bonds is 4. The maximum absolute atomic E-state index is 12.0. The molecule has 1 amide bonds. The van der Waals surface area contributed by atoms with Gasteiger partial charge in [0.2, 0.25) is 0 Å². The lowest BCUT2D eigenvalue weighted by atomic mass is 10.1. The highest BCUT2D eigenvalue weighted by Crippen LogP contribution is 2.26. The molecule has 4 nitrogen and oxygen atoms in total. The van der Waals surface area contributed by atoms with Crippen molar-refractivity contribution in [3.63, 3.8) is 0 Å². The predicted octanol–water partition coefficient (Wildman–Crippen LogP) is 3.20. The third kappa shape index (κ3) is 4.21. The molecule has 1 aliphatic heterocycles. The molecule has 1 N–H and O–H groups in total. The van der Waals surface area contributed by atoms with Crippen LogP contribution in [0.25, 0.3) is 6.08 Å². The first-order chi connectivity index (χ1) is 10.1. The molecule has 1 aromatic carbocycles. The fourth-order valence-electron chi connectivity index (χ4n) is 2.05. The molecule has 1 heterocycles. The minimum Gasteiger partial charge on any atom is -0.376 e. The quantitative estimate of drug-likeness (QED) is 0.683. The molecule has 0 bridgehead atoms. The second kappa shape index (κ2) is 7.46. The van der Waals surface area contributed by atoms with Crippen molar-refractivity contribution in [1.29, 1.82) is 5.26 Å². The lowest BCUT2D eigenvalue weighted by Crippen LogP contribution is -2.32. The zero-order valence-electron chi connectivity index (χ0n) is 11.2. The number of halogens is 2. The normalized spacial score (nSPS) is 18.3. The smallest absolute Gasteiger partial charge is 0.262 e. The molecule has 0 aromatic heterocycles. The summed E-state index contributed by atoms with van der Waals surface area (Å²) >= 11 is 12.1. The van der Waals surface area contributed by atoms with E-state index >= 15 is 0 Å². The molecule has 6 heteroatoms. The van der Waals surface area contributed by atoms with E-state index in [0.29, 0.717) is 22.2 Å². The number of carbonyl (C=O) groups is 1. The van der Waals surface area contributed by atoms with Gasteiger partial charge in [-0.25, -0.2) is 0 Å². The molecule has 1 saturated heterocycles. The zero-order chi connectivity index (χ0) is 15.2. The molecule has 0 aliphatic carbocycles. The molecule has 1 aromatic rings. The van der Waals surface area contributed by atoms with Gasteiger partial charge in [0, 0.05) is 28.8 Å². The second-order valence-electron chi connectivity index (χ2n) is 4.65. The molecule has 1 fully saturated rings. The Kier molecular flexibility index (Phi) is 5.63. The molecule has 0 spiro atoms. The molecule has 0 unspecified atom stereocenters. The van der Waals surface area contributed by atoms with Crippen LogP contribution in [0.3, 0.4) is 0 Å². The van der Waals surface area contributed by atoms with Gasteiger partial charge in [-0.2, -0.15) is 5.26 Å². The van der Waals surface area contributed by atoms with Gasteiger partial charge >= 0.3 is 0 Å². The fraction of sp³-hybridized carbons (Fsp3) is 0.333. The molecule has 1 atom stereocenters. The van der Waals surface area contributed by atoms with Gasteiger partial charge in [0.25, 0.3) is 5.91 Å². The largest absolute Gasteiger partial charge is 0.376 e.